The zero-order chi connectivity index (χ0) is 18.8. The van der Waals surface area contributed by atoms with Crippen LogP contribution in [0.4, 0.5) is 10.8 Å². The summed E-state index contributed by atoms with van der Waals surface area (Å²) >= 11 is 7.97. The van der Waals surface area contributed by atoms with Crippen molar-refractivity contribution in [2.75, 3.05) is 22.5 Å². The zero-order valence-electron chi connectivity index (χ0n) is 14.0. The summed E-state index contributed by atoms with van der Waals surface area (Å²) in [7, 11) is 0. The first kappa shape index (κ1) is 18.7. The highest BCUT2D eigenvalue weighted by molar-refractivity contribution is 9.11. The van der Waals surface area contributed by atoms with Crippen LogP contribution in [0, 0.1) is 0 Å². The Morgan fingerprint density at radius 1 is 1.26 bits per heavy atom. The number of rotatable bonds is 5. The lowest BCUT2D eigenvalue weighted by Crippen LogP contribution is -2.37. The molecule has 1 aliphatic heterocycles. The van der Waals surface area contributed by atoms with Crippen LogP contribution >= 0.6 is 50.4 Å². The summed E-state index contributed by atoms with van der Waals surface area (Å²) in [5.74, 6) is 0.295. The number of hydrogen-bond donors (Lipinski definition) is 1. The molecule has 1 aromatic carbocycles. The smallest absolute Gasteiger partial charge is 0.237 e. The average Bonchev–Trinajstić information content (AvgIpc) is 3.30. The van der Waals surface area contributed by atoms with E-state index in [1.807, 2.05) is 41.8 Å². The molecule has 5 nitrogen and oxygen atoms in total. The Morgan fingerprint density at radius 2 is 2.11 bits per heavy atom. The quantitative estimate of drug-likeness (QED) is 0.552. The van der Waals surface area contributed by atoms with Crippen molar-refractivity contribution in [3.8, 4) is 10.6 Å². The molecule has 4 rings (SSSR count). The molecule has 2 aromatic heterocycles. The lowest BCUT2D eigenvalue weighted by Gasteiger charge is -2.28. The number of benzene rings is 1. The zero-order valence-corrected chi connectivity index (χ0v) is 18.0. The lowest BCUT2D eigenvalue weighted by molar-refractivity contribution is -0.117. The predicted octanol–water partition coefficient (Wildman–Crippen LogP) is 5.10. The number of nitrogens with zero attached hydrogens (tertiary/aromatic N) is 2. The Labute approximate surface area is 176 Å². The summed E-state index contributed by atoms with van der Waals surface area (Å²) in [6.07, 6.45) is 0.226. The van der Waals surface area contributed by atoms with Crippen LogP contribution in [0.1, 0.15) is 6.42 Å². The largest absolute Gasteiger partial charge is 0.310 e. The third-order valence-electron chi connectivity index (χ3n) is 3.95. The van der Waals surface area contributed by atoms with Crippen LogP contribution in [0.25, 0.3) is 10.6 Å². The summed E-state index contributed by atoms with van der Waals surface area (Å²) in [5, 5.41) is 5.33. The number of thiazole rings is 1. The normalized spacial score (nSPS) is 13.5. The van der Waals surface area contributed by atoms with E-state index in [2.05, 4.69) is 26.2 Å². The highest BCUT2D eigenvalue weighted by Crippen LogP contribution is 2.35. The monoisotopic (exact) mass is 479 g/mol. The molecule has 0 bridgehead atoms. The number of thiophene rings is 1. The molecule has 0 unspecified atom stereocenters. The van der Waals surface area contributed by atoms with Gasteiger partial charge in [-0.3, -0.25) is 9.59 Å². The fourth-order valence-corrected chi connectivity index (χ4v) is 5.77. The topological polar surface area (TPSA) is 62.3 Å². The Kier molecular flexibility index (Phi) is 5.63. The third-order valence-corrected chi connectivity index (χ3v) is 7.40. The molecule has 0 fully saturated rings. The van der Waals surface area contributed by atoms with Gasteiger partial charge in [0.25, 0.3) is 0 Å². The van der Waals surface area contributed by atoms with Gasteiger partial charge in [-0.1, -0.05) is 12.1 Å². The van der Waals surface area contributed by atoms with Crippen LogP contribution in [0.2, 0.25) is 0 Å². The number of amides is 2. The van der Waals surface area contributed by atoms with Crippen LogP contribution < -0.4 is 10.2 Å². The maximum atomic E-state index is 12.3. The molecule has 0 atom stereocenters. The predicted molar refractivity (Wildman–Crippen MR) is 116 cm³/mol. The minimum absolute atomic E-state index is 0.0336. The molecule has 1 aliphatic rings. The number of nitrogens with one attached hydrogen (secondary N) is 1. The molecule has 1 N–H and O–H groups in total. The van der Waals surface area contributed by atoms with Gasteiger partial charge < -0.3 is 10.2 Å². The molecular weight excluding hydrogens is 466 g/mol. The third kappa shape index (κ3) is 4.26. The number of carbonyl (C=O) groups is 2. The minimum Gasteiger partial charge on any atom is -0.310 e. The highest BCUT2D eigenvalue weighted by Gasteiger charge is 2.24. The molecule has 0 spiro atoms. The minimum atomic E-state index is -0.147. The van der Waals surface area contributed by atoms with Crippen molar-refractivity contribution >= 4 is 73.0 Å². The Bertz CT molecular complexity index is 1000. The van der Waals surface area contributed by atoms with E-state index < -0.39 is 0 Å². The number of hydrogen-bond acceptors (Lipinski definition) is 6. The van der Waals surface area contributed by atoms with Gasteiger partial charge in [0.05, 0.1) is 25.8 Å². The van der Waals surface area contributed by atoms with Gasteiger partial charge in [0.15, 0.2) is 5.13 Å². The lowest BCUT2D eigenvalue weighted by atomic mass is 10.2. The van der Waals surface area contributed by atoms with E-state index in [0.717, 1.165) is 24.9 Å². The van der Waals surface area contributed by atoms with Gasteiger partial charge in [-0.05, 0) is 40.2 Å². The summed E-state index contributed by atoms with van der Waals surface area (Å²) in [4.78, 5) is 32.9. The molecule has 0 aliphatic carbocycles. The molecule has 0 saturated carbocycles. The fourth-order valence-electron chi connectivity index (χ4n) is 2.69. The summed E-state index contributed by atoms with van der Waals surface area (Å²) < 4.78 is 1.04. The number of fused-ring (bicyclic) bond motifs is 1. The maximum Gasteiger partial charge on any atom is 0.237 e. The first-order valence-electron chi connectivity index (χ1n) is 8.13. The van der Waals surface area contributed by atoms with Gasteiger partial charge in [-0.2, -0.15) is 0 Å². The summed E-state index contributed by atoms with van der Waals surface area (Å²) in [6, 6.07) is 11.8. The van der Waals surface area contributed by atoms with Crippen LogP contribution in [0.15, 0.2) is 50.5 Å². The molecule has 3 aromatic rings. The Hall–Kier alpha value is -1.68. The van der Waals surface area contributed by atoms with Gasteiger partial charge >= 0.3 is 0 Å². The van der Waals surface area contributed by atoms with Crippen LogP contribution in [0.3, 0.4) is 0 Å². The summed E-state index contributed by atoms with van der Waals surface area (Å²) in [6.45, 7) is 0.359. The van der Waals surface area contributed by atoms with Crippen molar-refractivity contribution in [2.24, 2.45) is 0 Å². The van der Waals surface area contributed by atoms with E-state index in [4.69, 9.17) is 0 Å². The first-order valence-corrected chi connectivity index (χ1v) is 11.6. The van der Waals surface area contributed by atoms with E-state index in [1.54, 1.807) is 16.2 Å². The van der Waals surface area contributed by atoms with E-state index in [-0.39, 0.29) is 18.2 Å². The van der Waals surface area contributed by atoms with Crippen molar-refractivity contribution in [3.63, 3.8) is 0 Å². The molecule has 3 heterocycles. The second-order valence-corrected chi connectivity index (χ2v) is 10.1. The van der Waals surface area contributed by atoms with Crippen LogP contribution in [0.5, 0.6) is 0 Å². The second-order valence-electron chi connectivity index (χ2n) is 5.74. The first-order chi connectivity index (χ1) is 13.1. The van der Waals surface area contributed by atoms with E-state index in [9.17, 15) is 9.59 Å². The highest BCUT2D eigenvalue weighted by atomic mass is 79.9. The standard InChI is InChI=1S/C18H14BrN3O2S3/c19-15-6-5-13(27-15)11-9-26-18(20-11)21-16(23)7-8-22-12-3-1-2-4-14(12)25-10-17(22)24/h1-6,9H,7-8,10H2,(H,20,21,23). The van der Waals surface area contributed by atoms with Crippen molar-refractivity contribution in [3.05, 3.63) is 45.6 Å². The molecule has 0 radical (unpaired) electrons. The molecule has 27 heavy (non-hydrogen) atoms. The van der Waals surface area contributed by atoms with Gasteiger partial charge in [0.2, 0.25) is 11.8 Å². The number of aromatic nitrogens is 1. The number of thioether (sulfide) groups is 1. The van der Waals surface area contributed by atoms with Gasteiger partial charge in [0.1, 0.15) is 0 Å². The van der Waals surface area contributed by atoms with Gasteiger partial charge in [0, 0.05) is 23.2 Å². The number of anilines is 2. The van der Waals surface area contributed by atoms with Crippen molar-refractivity contribution in [1.82, 2.24) is 4.98 Å². The van der Waals surface area contributed by atoms with E-state index in [0.29, 0.717) is 17.4 Å². The number of para-hydroxylation sites is 1. The average molecular weight is 480 g/mol. The van der Waals surface area contributed by atoms with Crippen LogP contribution in [-0.4, -0.2) is 29.1 Å². The van der Waals surface area contributed by atoms with E-state index >= 15 is 0 Å². The van der Waals surface area contributed by atoms with E-state index in [1.165, 1.54) is 23.1 Å². The number of halogens is 1. The second kappa shape index (κ2) is 8.14. The van der Waals surface area contributed by atoms with Gasteiger partial charge in [-0.25, -0.2) is 4.98 Å². The number of carbonyl (C=O) groups excluding carboxylic acids is 2. The molecule has 138 valence electrons. The van der Waals surface area contributed by atoms with Crippen LogP contribution in [-0.2, 0) is 9.59 Å². The summed E-state index contributed by atoms with van der Waals surface area (Å²) in [5.41, 5.74) is 1.73. The molecular formula is C18H14BrN3O2S3. The van der Waals surface area contributed by atoms with Crippen molar-refractivity contribution in [1.29, 1.82) is 0 Å². The molecule has 0 saturated heterocycles. The maximum absolute atomic E-state index is 12.3. The molecule has 2 amide bonds. The van der Waals surface area contributed by atoms with Crippen molar-refractivity contribution < 1.29 is 9.59 Å². The Balaban J connectivity index is 1.38. The van der Waals surface area contributed by atoms with Gasteiger partial charge in [-0.15, -0.1) is 34.4 Å². The Morgan fingerprint density at radius 3 is 2.93 bits per heavy atom. The van der Waals surface area contributed by atoms with Crippen molar-refractivity contribution in [2.45, 2.75) is 11.3 Å². The fraction of sp³-hybridized carbons (Fsp3) is 0.167. The SMILES string of the molecule is O=C(CCN1C(=O)CSc2ccccc21)Nc1nc(-c2ccc(Br)s2)cs1. The molecule has 9 heteroatoms.